The van der Waals surface area contributed by atoms with Gasteiger partial charge in [-0.15, -0.1) is 0 Å². The zero-order valence-corrected chi connectivity index (χ0v) is 19.1. The third kappa shape index (κ3) is 5.74. The van der Waals surface area contributed by atoms with Crippen LogP contribution in [-0.2, 0) is 11.3 Å². The summed E-state index contributed by atoms with van der Waals surface area (Å²) in [4.78, 5) is 38.9. The zero-order chi connectivity index (χ0) is 23.2. The van der Waals surface area contributed by atoms with E-state index in [4.69, 9.17) is 4.74 Å². The molecule has 8 nitrogen and oxygen atoms in total. The van der Waals surface area contributed by atoms with E-state index in [1.54, 1.807) is 12.1 Å². The molecule has 3 amide bonds. The summed E-state index contributed by atoms with van der Waals surface area (Å²) in [5.41, 5.74) is 1.74. The Morgan fingerprint density at radius 1 is 1.09 bits per heavy atom. The normalized spacial score (nSPS) is 18.9. The smallest absolute Gasteiger partial charge is 0.317 e. The first-order valence-corrected chi connectivity index (χ1v) is 11.8. The number of unbranched alkanes of at least 4 members (excludes halogenated alkanes) is 1. The number of amides is 3. The first kappa shape index (κ1) is 22.9. The monoisotopic (exact) mass is 452 g/mol. The zero-order valence-electron chi connectivity index (χ0n) is 19.1. The molecular formula is C25H32N4O4. The molecule has 2 atom stereocenters. The first-order valence-electron chi connectivity index (χ1n) is 11.8. The third-order valence-corrected chi connectivity index (χ3v) is 6.30. The van der Waals surface area contributed by atoms with Crippen LogP contribution in [0.2, 0.25) is 0 Å². The summed E-state index contributed by atoms with van der Waals surface area (Å²) in [6, 6.07) is 12.5. The maximum atomic E-state index is 12.7. The number of hydrogen-bond donors (Lipinski definition) is 2. The quantitative estimate of drug-likeness (QED) is 0.602. The van der Waals surface area contributed by atoms with Crippen LogP contribution in [-0.4, -0.2) is 47.6 Å². The largest absolute Gasteiger partial charge is 0.494 e. The fraction of sp³-hybridized carbons (Fsp3) is 0.480. The maximum absolute atomic E-state index is 12.7. The van der Waals surface area contributed by atoms with E-state index in [0.29, 0.717) is 31.9 Å². The van der Waals surface area contributed by atoms with Crippen molar-refractivity contribution in [1.29, 1.82) is 0 Å². The molecule has 0 spiro atoms. The van der Waals surface area contributed by atoms with Gasteiger partial charge in [-0.25, -0.2) is 4.79 Å². The maximum Gasteiger partial charge on any atom is 0.317 e. The lowest BCUT2D eigenvalue weighted by atomic mass is 9.83. The van der Waals surface area contributed by atoms with E-state index in [2.05, 4.69) is 17.6 Å². The number of carbonyl (C=O) groups is 2. The summed E-state index contributed by atoms with van der Waals surface area (Å²) in [6.07, 6.45) is 3.28. The molecule has 176 valence electrons. The van der Waals surface area contributed by atoms with Crippen LogP contribution in [0.15, 0.2) is 47.3 Å². The van der Waals surface area contributed by atoms with Crippen molar-refractivity contribution < 1.29 is 14.3 Å². The highest BCUT2D eigenvalue weighted by Gasteiger charge is 2.36. The second-order valence-electron chi connectivity index (χ2n) is 8.86. The Morgan fingerprint density at radius 3 is 2.70 bits per heavy atom. The summed E-state index contributed by atoms with van der Waals surface area (Å²) in [5.74, 6) is 1.08. The van der Waals surface area contributed by atoms with Crippen LogP contribution in [0, 0.1) is 5.92 Å². The number of fused-ring (bicyclic) bond motifs is 4. The van der Waals surface area contributed by atoms with Crippen molar-refractivity contribution >= 4 is 17.6 Å². The molecule has 2 bridgehead atoms. The number of urea groups is 1. The molecule has 1 aromatic carbocycles. The Bertz CT molecular complexity index is 1030. The molecule has 0 saturated carbocycles. The molecule has 0 aliphatic carbocycles. The number of benzene rings is 1. The molecule has 2 aliphatic rings. The van der Waals surface area contributed by atoms with Crippen molar-refractivity contribution in [3.8, 4) is 5.75 Å². The molecule has 33 heavy (non-hydrogen) atoms. The molecule has 2 N–H and O–H groups in total. The standard InChI is InChI=1S/C25H32N4O4/c1-2-3-13-33-21-9-7-20(8-10-21)27-23(30)11-12-26-25(32)28-15-18-14-19(17-28)22-5-4-6-24(31)29(22)16-18/h4-10,18-19H,2-3,11-17H2,1H3,(H,26,32)(H,27,30). The van der Waals surface area contributed by atoms with Gasteiger partial charge in [0.15, 0.2) is 0 Å². The fourth-order valence-corrected chi connectivity index (χ4v) is 4.65. The summed E-state index contributed by atoms with van der Waals surface area (Å²) in [7, 11) is 0. The van der Waals surface area contributed by atoms with Gasteiger partial charge in [-0.05, 0) is 49.1 Å². The number of likely N-dealkylation sites (tertiary alicyclic amines) is 1. The van der Waals surface area contributed by atoms with Gasteiger partial charge in [0.1, 0.15) is 5.75 Å². The number of pyridine rings is 1. The van der Waals surface area contributed by atoms with Crippen molar-refractivity contribution in [3.05, 3.63) is 58.5 Å². The summed E-state index contributed by atoms with van der Waals surface area (Å²) < 4.78 is 7.48. The molecule has 1 fully saturated rings. The Kier molecular flexibility index (Phi) is 7.32. The van der Waals surface area contributed by atoms with Crippen molar-refractivity contribution in [2.45, 2.75) is 45.1 Å². The lowest BCUT2D eigenvalue weighted by Gasteiger charge is -2.42. The second-order valence-corrected chi connectivity index (χ2v) is 8.86. The van der Waals surface area contributed by atoms with E-state index >= 15 is 0 Å². The van der Waals surface area contributed by atoms with Gasteiger partial charge in [-0.3, -0.25) is 9.59 Å². The number of carbonyl (C=O) groups excluding carboxylic acids is 2. The van der Waals surface area contributed by atoms with E-state index in [1.807, 2.05) is 39.8 Å². The van der Waals surface area contributed by atoms with Crippen LogP contribution in [0.3, 0.4) is 0 Å². The van der Waals surface area contributed by atoms with Gasteiger partial charge in [0.05, 0.1) is 6.61 Å². The Balaban J connectivity index is 1.21. The highest BCUT2D eigenvalue weighted by Crippen LogP contribution is 2.34. The number of aromatic nitrogens is 1. The number of ether oxygens (including phenoxy) is 1. The predicted molar refractivity (Wildman–Crippen MR) is 127 cm³/mol. The summed E-state index contributed by atoms with van der Waals surface area (Å²) in [6.45, 7) is 4.94. The van der Waals surface area contributed by atoms with Gasteiger partial charge in [-0.2, -0.15) is 0 Å². The average molecular weight is 453 g/mol. The molecule has 3 heterocycles. The molecule has 1 aromatic heterocycles. The first-order chi connectivity index (χ1) is 16.0. The Morgan fingerprint density at radius 2 is 1.91 bits per heavy atom. The number of nitrogens with one attached hydrogen (secondary N) is 2. The highest BCUT2D eigenvalue weighted by molar-refractivity contribution is 5.91. The number of hydrogen-bond acceptors (Lipinski definition) is 4. The lowest BCUT2D eigenvalue weighted by molar-refractivity contribution is -0.116. The Labute approximate surface area is 193 Å². The van der Waals surface area contributed by atoms with Gasteiger partial charge >= 0.3 is 6.03 Å². The van der Waals surface area contributed by atoms with Gasteiger partial charge in [0.25, 0.3) is 5.56 Å². The van der Waals surface area contributed by atoms with Crippen LogP contribution < -0.4 is 20.9 Å². The van der Waals surface area contributed by atoms with Crippen molar-refractivity contribution in [3.63, 3.8) is 0 Å². The number of anilines is 1. The SMILES string of the molecule is CCCCOc1ccc(NC(=O)CCNC(=O)N2CC3CC(C2)c2cccc(=O)n2C3)cc1. The molecule has 4 rings (SSSR count). The van der Waals surface area contributed by atoms with Crippen molar-refractivity contribution in [1.82, 2.24) is 14.8 Å². The van der Waals surface area contributed by atoms with Crippen molar-refractivity contribution in [2.75, 3.05) is 31.6 Å². The molecule has 8 heteroatoms. The number of rotatable bonds is 8. The third-order valence-electron chi connectivity index (χ3n) is 6.30. The van der Waals surface area contributed by atoms with Crippen LogP contribution in [0.1, 0.15) is 44.2 Å². The van der Waals surface area contributed by atoms with Gasteiger partial charge in [-0.1, -0.05) is 19.4 Å². The molecular weight excluding hydrogens is 420 g/mol. The van der Waals surface area contributed by atoms with Gasteiger partial charge in [0, 0.05) is 56.0 Å². The van der Waals surface area contributed by atoms with E-state index in [1.165, 1.54) is 0 Å². The van der Waals surface area contributed by atoms with E-state index in [0.717, 1.165) is 30.7 Å². The van der Waals surface area contributed by atoms with Gasteiger partial charge < -0.3 is 24.8 Å². The number of nitrogens with zero attached hydrogens (tertiary/aromatic N) is 2. The van der Waals surface area contributed by atoms with Crippen LogP contribution in [0.4, 0.5) is 10.5 Å². The Hall–Kier alpha value is -3.29. The van der Waals surface area contributed by atoms with Gasteiger partial charge in [0.2, 0.25) is 5.91 Å². The molecule has 2 aromatic rings. The topological polar surface area (TPSA) is 92.7 Å². The minimum absolute atomic E-state index is 0.0322. The van der Waals surface area contributed by atoms with E-state index in [9.17, 15) is 14.4 Å². The molecule has 2 unspecified atom stereocenters. The minimum Gasteiger partial charge on any atom is -0.494 e. The lowest BCUT2D eigenvalue weighted by Crippen LogP contribution is -2.52. The van der Waals surface area contributed by atoms with Crippen LogP contribution in [0.5, 0.6) is 5.75 Å². The predicted octanol–water partition coefficient (Wildman–Crippen LogP) is 3.18. The van der Waals surface area contributed by atoms with Crippen LogP contribution >= 0.6 is 0 Å². The summed E-state index contributed by atoms with van der Waals surface area (Å²) >= 11 is 0. The molecule has 1 saturated heterocycles. The fourth-order valence-electron chi connectivity index (χ4n) is 4.65. The highest BCUT2D eigenvalue weighted by atomic mass is 16.5. The molecule has 2 aliphatic heterocycles. The van der Waals surface area contributed by atoms with Crippen LogP contribution in [0.25, 0.3) is 0 Å². The van der Waals surface area contributed by atoms with E-state index in [-0.39, 0.29) is 42.3 Å². The minimum atomic E-state index is -0.155. The van der Waals surface area contributed by atoms with E-state index < -0.39 is 0 Å². The average Bonchev–Trinajstić information content (AvgIpc) is 2.81. The summed E-state index contributed by atoms with van der Waals surface area (Å²) in [5, 5.41) is 5.72. The molecule has 0 radical (unpaired) electrons. The second kappa shape index (κ2) is 10.6. The van der Waals surface area contributed by atoms with Crippen molar-refractivity contribution in [2.24, 2.45) is 5.92 Å². The number of piperidine rings is 1.